The molecule has 8 heteroatoms. The predicted molar refractivity (Wildman–Crippen MR) is 60.4 cm³/mol. The fourth-order valence-electron chi connectivity index (χ4n) is 1.52. The third-order valence-corrected chi connectivity index (χ3v) is 2.22. The number of carbonyl (C=O) groups is 1. The molecule has 1 aliphatic rings. The standard InChI is InChI=1S/C9H14N6O2/c1-2-17-9-14-7(10)13-8(15-9)12-5-3-6(16)11-4-5/h5H,2-4H2,1H3,(H,11,16)(H3,10,12,13,14,15). The highest BCUT2D eigenvalue weighted by Gasteiger charge is 2.22. The van der Waals surface area contributed by atoms with Crippen LogP contribution in [0.25, 0.3) is 0 Å². The first-order chi connectivity index (χ1) is 8.17. The van der Waals surface area contributed by atoms with Crippen molar-refractivity contribution in [3.8, 4) is 6.01 Å². The Hall–Kier alpha value is -2.12. The SMILES string of the molecule is CCOc1nc(N)nc(NC2CNC(=O)C2)n1. The summed E-state index contributed by atoms with van der Waals surface area (Å²) in [6, 6.07) is 0.151. The van der Waals surface area contributed by atoms with Crippen LogP contribution in [0.2, 0.25) is 0 Å². The van der Waals surface area contributed by atoms with Gasteiger partial charge in [-0.15, -0.1) is 0 Å². The number of nitrogen functional groups attached to an aromatic ring is 1. The smallest absolute Gasteiger partial charge is 0.323 e. The van der Waals surface area contributed by atoms with E-state index in [1.165, 1.54) is 0 Å². The predicted octanol–water partition coefficient (Wildman–Crippen LogP) is -0.847. The Labute approximate surface area is 98.0 Å². The van der Waals surface area contributed by atoms with Gasteiger partial charge >= 0.3 is 6.01 Å². The van der Waals surface area contributed by atoms with Crippen molar-refractivity contribution in [1.82, 2.24) is 20.3 Å². The first-order valence-electron chi connectivity index (χ1n) is 5.35. The monoisotopic (exact) mass is 238 g/mol. The Kier molecular flexibility index (Phi) is 3.22. The lowest BCUT2D eigenvalue weighted by atomic mass is 10.3. The number of nitrogens with zero attached hydrogens (tertiary/aromatic N) is 3. The lowest BCUT2D eigenvalue weighted by Crippen LogP contribution is -2.24. The lowest BCUT2D eigenvalue weighted by molar-refractivity contribution is -0.119. The van der Waals surface area contributed by atoms with Crippen LogP contribution in [-0.2, 0) is 4.79 Å². The van der Waals surface area contributed by atoms with Crippen molar-refractivity contribution in [1.29, 1.82) is 0 Å². The van der Waals surface area contributed by atoms with Crippen molar-refractivity contribution in [2.75, 3.05) is 24.2 Å². The van der Waals surface area contributed by atoms with Crippen molar-refractivity contribution in [2.24, 2.45) is 0 Å². The number of ether oxygens (including phenoxy) is 1. The second-order valence-electron chi connectivity index (χ2n) is 3.58. The van der Waals surface area contributed by atoms with Gasteiger partial charge in [-0.05, 0) is 6.92 Å². The van der Waals surface area contributed by atoms with E-state index < -0.39 is 0 Å². The number of carbonyl (C=O) groups excluding carboxylic acids is 1. The summed E-state index contributed by atoms with van der Waals surface area (Å²) in [6.07, 6.45) is 0.398. The van der Waals surface area contributed by atoms with E-state index in [9.17, 15) is 4.79 Å². The molecule has 0 radical (unpaired) electrons. The van der Waals surface area contributed by atoms with Gasteiger partial charge < -0.3 is 21.1 Å². The minimum atomic E-state index is -0.0289. The first kappa shape index (κ1) is 11.4. The molecule has 1 fully saturated rings. The van der Waals surface area contributed by atoms with Gasteiger partial charge in [0.15, 0.2) is 0 Å². The maximum Gasteiger partial charge on any atom is 0.323 e. The van der Waals surface area contributed by atoms with Crippen LogP contribution in [0.15, 0.2) is 0 Å². The summed E-state index contributed by atoms with van der Waals surface area (Å²) in [4.78, 5) is 22.8. The molecular weight excluding hydrogens is 224 g/mol. The third-order valence-electron chi connectivity index (χ3n) is 2.22. The number of aromatic nitrogens is 3. The highest BCUT2D eigenvalue weighted by Crippen LogP contribution is 2.12. The Balaban J connectivity index is 2.07. The van der Waals surface area contributed by atoms with E-state index >= 15 is 0 Å². The molecule has 1 aliphatic heterocycles. The van der Waals surface area contributed by atoms with Gasteiger partial charge in [-0.3, -0.25) is 4.79 Å². The molecule has 4 N–H and O–H groups in total. The topological polar surface area (TPSA) is 115 Å². The van der Waals surface area contributed by atoms with Crippen molar-refractivity contribution in [3.63, 3.8) is 0 Å². The maximum atomic E-state index is 11.0. The molecule has 1 unspecified atom stereocenters. The van der Waals surface area contributed by atoms with Crippen molar-refractivity contribution in [3.05, 3.63) is 0 Å². The number of hydrogen-bond acceptors (Lipinski definition) is 7. The first-order valence-corrected chi connectivity index (χ1v) is 5.35. The summed E-state index contributed by atoms with van der Waals surface area (Å²) in [5.74, 6) is 0.417. The molecule has 2 heterocycles. The largest absolute Gasteiger partial charge is 0.464 e. The van der Waals surface area contributed by atoms with E-state index in [0.29, 0.717) is 25.5 Å². The Morgan fingerprint density at radius 3 is 3.00 bits per heavy atom. The van der Waals surface area contributed by atoms with Crippen LogP contribution < -0.4 is 21.1 Å². The zero-order chi connectivity index (χ0) is 12.3. The molecule has 8 nitrogen and oxygen atoms in total. The molecule has 1 saturated heterocycles. The van der Waals surface area contributed by atoms with Gasteiger partial charge in [-0.25, -0.2) is 0 Å². The minimum absolute atomic E-state index is 0.00885. The molecule has 1 amide bonds. The van der Waals surface area contributed by atoms with Gasteiger partial charge in [0.2, 0.25) is 17.8 Å². The second kappa shape index (κ2) is 4.81. The van der Waals surface area contributed by atoms with Crippen LogP contribution >= 0.6 is 0 Å². The normalized spacial score (nSPS) is 18.9. The van der Waals surface area contributed by atoms with E-state index in [0.717, 1.165) is 0 Å². The summed E-state index contributed by atoms with van der Waals surface area (Å²) >= 11 is 0. The average Bonchev–Trinajstić information content (AvgIpc) is 2.63. The van der Waals surface area contributed by atoms with Gasteiger partial charge in [0.25, 0.3) is 0 Å². The number of nitrogens with one attached hydrogen (secondary N) is 2. The van der Waals surface area contributed by atoms with Crippen molar-refractivity contribution < 1.29 is 9.53 Å². The highest BCUT2D eigenvalue weighted by molar-refractivity contribution is 5.79. The fraction of sp³-hybridized carbons (Fsp3) is 0.556. The maximum absolute atomic E-state index is 11.0. The number of anilines is 2. The van der Waals surface area contributed by atoms with Crippen LogP contribution in [0.5, 0.6) is 6.01 Å². The summed E-state index contributed by atoms with van der Waals surface area (Å²) in [5.41, 5.74) is 5.53. The summed E-state index contributed by atoms with van der Waals surface area (Å²) in [5, 5.41) is 5.71. The Morgan fingerprint density at radius 1 is 1.53 bits per heavy atom. The lowest BCUT2D eigenvalue weighted by Gasteiger charge is -2.11. The number of rotatable bonds is 4. The van der Waals surface area contributed by atoms with Gasteiger partial charge in [0.1, 0.15) is 0 Å². The second-order valence-corrected chi connectivity index (χ2v) is 3.58. The molecule has 0 aliphatic carbocycles. The van der Waals surface area contributed by atoms with E-state index in [1.54, 1.807) is 0 Å². The van der Waals surface area contributed by atoms with Crippen LogP contribution in [-0.4, -0.2) is 40.1 Å². The summed E-state index contributed by atoms with van der Waals surface area (Å²) in [7, 11) is 0. The molecule has 1 aromatic heterocycles. The van der Waals surface area contributed by atoms with Crippen LogP contribution in [0.4, 0.5) is 11.9 Å². The van der Waals surface area contributed by atoms with Gasteiger partial charge in [-0.2, -0.15) is 15.0 Å². The number of hydrogen-bond donors (Lipinski definition) is 3. The van der Waals surface area contributed by atoms with Gasteiger partial charge in [0, 0.05) is 13.0 Å². The molecule has 1 atom stereocenters. The fourth-order valence-corrected chi connectivity index (χ4v) is 1.52. The zero-order valence-corrected chi connectivity index (χ0v) is 9.43. The quantitative estimate of drug-likeness (QED) is 0.626. The summed E-state index contributed by atoms with van der Waals surface area (Å²) in [6.45, 7) is 2.83. The van der Waals surface area contributed by atoms with Crippen LogP contribution in [0.1, 0.15) is 13.3 Å². The zero-order valence-electron chi connectivity index (χ0n) is 9.43. The molecule has 0 aromatic carbocycles. The van der Waals surface area contributed by atoms with E-state index in [2.05, 4.69) is 25.6 Å². The number of amides is 1. The van der Waals surface area contributed by atoms with E-state index in [1.807, 2.05) is 6.92 Å². The van der Waals surface area contributed by atoms with E-state index in [4.69, 9.17) is 10.5 Å². The van der Waals surface area contributed by atoms with Crippen molar-refractivity contribution >= 4 is 17.8 Å². The van der Waals surface area contributed by atoms with E-state index in [-0.39, 0.29) is 23.9 Å². The molecule has 0 saturated carbocycles. The highest BCUT2D eigenvalue weighted by atomic mass is 16.5. The molecule has 92 valence electrons. The van der Waals surface area contributed by atoms with Crippen molar-refractivity contribution in [2.45, 2.75) is 19.4 Å². The molecular formula is C9H14N6O2. The average molecular weight is 238 g/mol. The Bertz CT molecular complexity index is 424. The minimum Gasteiger partial charge on any atom is -0.464 e. The molecule has 2 rings (SSSR count). The molecule has 1 aromatic rings. The van der Waals surface area contributed by atoms with Gasteiger partial charge in [-0.1, -0.05) is 0 Å². The van der Waals surface area contributed by atoms with Gasteiger partial charge in [0.05, 0.1) is 12.6 Å². The molecule has 0 spiro atoms. The number of nitrogens with two attached hydrogens (primary N) is 1. The summed E-state index contributed by atoms with van der Waals surface area (Å²) < 4.78 is 5.15. The van der Waals surface area contributed by atoms with Crippen LogP contribution in [0, 0.1) is 0 Å². The van der Waals surface area contributed by atoms with Crippen LogP contribution in [0.3, 0.4) is 0 Å². The Morgan fingerprint density at radius 2 is 2.35 bits per heavy atom. The molecule has 0 bridgehead atoms. The third kappa shape index (κ3) is 2.92. The molecule has 17 heavy (non-hydrogen) atoms.